The lowest BCUT2D eigenvalue weighted by Gasteiger charge is -2.20. The minimum atomic E-state index is -0.413. The first kappa shape index (κ1) is 18.8. The van der Waals surface area contributed by atoms with E-state index in [1.807, 2.05) is 19.1 Å². The molecule has 0 spiro atoms. The molecule has 3 aromatic rings. The van der Waals surface area contributed by atoms with Crippen LogP contribution in [0.15, 0.2) is 54.4 Å². The largest absolute Gasteiger partial charge is 0.449 e. The summed E-state index contributed by atoms with van der Waals surface area (Å²) in [5.74, 6) is -0.104. The van der Waals surface area contributed by atoms with Crippen LogP contribution in [0.1, 0.15) is 27.2 Å². The molecule has 0 saturated carbocycles. The Kier molecular flexibility index (Phi) is 5.05. The Labute approximate surface area is 171 Å². The average molecular weight is 409 g/mol. The molecule has 2 heterocycles. The molecule has 2 amide bonds. The predicted molar refractivity (Wildman–Crippen MR) is 110 cm³/mol. The number of hydrogen-bond donors (Lipinski definition) is 3. The summed E-state index contributed by atoms with van der Waals surface area (Å²) in [4.78, 5) is 24.9. The first-order chi connectivity index (χ1) is 14.0. The summed E-state index contributed by atoms with van der Waals surface area (Å²) in [5.41, 5.74) is 3.32. The van der Waals surface area contributed by atoms with Crippen molar-refractivity contribution in [3.63, 3.8) is 0 Å². The number of amides is 2. The highest BCUT2D eigenvalue weighted by Crippen LogP contribution is 2.33. The third-order valence-electron chi connectivity index (χ3n) is 4.50. The minimum Gasteiger partial charge on any atom is -0.449 e. The van der Waals surface area contributed by atoms with Crippen LogP contribution in [0.5, 0.6) is 5.75 Å². The van der Waals surface area contributed by atoms with E-state index in [4.69, 9.17) is 16.3 Å². The number of hydrogen-bond acceptors (Lipinski definition) is 4. The van der Waals surface area contributed by atoms with Gasteiger partial charge in [0.15, 0.2) is 11.5 Å². The maximum absolute atomic E-state index is 12.4. The van der Waals surface area contributed by atoms with Crippen LogP contribution in [-0.2, 0) is 11.3 Å². The zero-order valence-electron chi connectivity index (χ0n) is 15.5. The van der Waals surface area contributed by atoms with E-state index in [2.05, 4.69) is 20.8 Å². The monoisotopic (exact) mass is 408 g/mol. The lowest BCUT2D eigenvalue weighted by atomic mass is 10.1. The fraction of sp³-hybridized carbons (Fsp3) is 0.0952. The first-order valence-electron chi connectivity index (χ1n) is 8.88. The second kappa shape index (κ2) is 7.81. The molecule has 1 aromatic heterocycles. The van der Waals surface area contributed by atoms with Gasteiger partial charge < -0.3 is 15.4 Å². The van der Waals surface area contributed by atoms with Gasteiger partial charge in [0.1, 0.15) is 0 Å². The number of aromatic amines is 1. The van der Waals surface area contributed by atoms with Crippen molar-refractivity contribution in [1.29, 1.82) is 0 Å². The van der Waals surface area contributed by atoms with Crippen molar-refractivity contribution in [3.05, 3.63) is 81.8 Å². The topological polar surface area (TPSA) is 96.1 Å². The van der Waals surface area contributed by atoms with Crippen LogP contribution in [0, 0.1) is 6.92 Å². The molecule has 29 heavy (non-hydrogen) atoms. The number of nitrogens with zero attached hydrogens (tertiary/aromatic N) is 1. The van der Waals surface area contributed by atoms with Gasteiger partial charge in [-0.1, -0.05) is 29.8 Å². The average Bonchev–Trinajstić information content (AvgIpc) is 3.12. The summed E-state index contributed by atoms with van der Waals surface area (Å²) in [6.07, 6.45) is 3.25. The van der Waals surface area contributed by atoms with Crippen LogP contribution >= 0.6 is 11.6 Å². The predicted octanol–water partition coefficient (Wildman–Crippen LogP) is 3.67. The third-order valence-corrected chi connectivity index (χ3v) is 4.84. The third kappa shape index (κ3) is 4.00. The lowest BCUT2D eigenvalue weighted by Crippen LogP contribution is -2.26. The molecule has 0 aliphatic carbocycles. The molecule has 0 saturated heterocycles. The quantitative estimate of drug-likeness (QED) is 0.574. The highest BCUT2D eigenvalue weighted by atomic mass is 35.5. The molecule has 146 valence electrons. The van der Waals surface area contributed by atoms with Crippen LogP contribution in [0.25, 0.3) is 6.08 Å². The Hall–Kier alpha value is -3.58. The van der Waals surface area contributed by atoms with Gasteiger partial charge in [-0.3, -0.25) is 14.7 Å². The molecule has 0 unspecified atom stereocenters. The molecule has 1 aliphatic heterocycles. The van der Waals surface area contributed by atoms with E-state index in [1.165, 1.54) is 0 Å². The number of benzene rings is 2. The van der Waals surface area contributed by atoms with Gasteiger partial charge in [0.25, 0.3) is 11.8 Å². The number of carbonyl (C=O) groups excluding carboxylic acids is 2. The zero-order chi connectivity index (χ0) is 20.4. The molecular formula is C21H17ClN4O3. The van der Waals surface area contributed by atoms with Gasteiger partial charge in [-0.25, -0.2) is 0 Å². The number of aryl methyl sites for hydroxylation is 1. The summed E-state index contributed by atoms with van der Waals surface area (Å²) in [7, 11) is 0. The van der Waals surface area contributed by atoms with Crippen molar-refractivity contribution in [2.75, 3.05) is 5.32 Å². The van der Waals surface area contributed by atoms with Crippen molar-refractivity contribution in [1.82, 2.24) is 15.5 Å². The van der Waals surface area contributed by atoms with Crippen molar-refractivity contribution < 1.29 is 14.3 Å². The lowest BCUT2D eigenvalue weighted by molar-refractivity contribution is -0.115. The molecule has 1 aliphatic rings. The van der Waals surface area contributed by atoms with E-state index >= 15 is 0 Å². The molecular weight excluding hydrogens is 392 g/mol. The van der Waals surface area contributed by atoms with E-state index in [9.17, 15) is 9.59 Å². The Morgan fingerprint density at radius 3 is 2.86 bits per heavy atom. The van der Waals surface area contributed by atoms with Crippen molar-refractivity contribution in [2.45, 2.75) is 13.5 Å². The fourth-order valence-electron chi connectivity index (χ4n) is 2.87. The first-order valence-corrected chi connectivity index (χ1v) is 9.25. The Morgan fingerprint density at radius 1 is 1.28 bits per heavy atom. The number of H-pyrrole nitrogens is 1. The van der Waals surface area contributed by atoms with Gasteiger partial charge in [-0.15, -0.1) is 0 Å². The van der Waals surface area contributed by atoms with Crippen LogP contribution in [0.3, 0.4) is 0 Å². The number of carbonyl (C=O) groups is 2. The standard InChI is InChI=1S/C21H17ClN4O3/c1-12-15(11-24-26-12)10-23-20(27)14-6-7-18-17(8-14)25-21(28)19(29-18)9-13-4-2-3-5-16(13)22/h2-9,11H,10H2,1H3,(H,23,27)(H,24,26)(H,25,28)/b19-9+. The van der Waals surface area contributed by atoms with E-state index in [0.717, 1.165) is 11.3 Å². The summed E-state index contributed by atoms with van der Waals surface area (Å²) in [6, 6.07) is 12.0. The number of fused-ring (bicyclic) bond motifs is 1. The summed E-state index contributed by atoms with van der Waals surface area (Å²) in [5, 5.41) is 12.8. The Balaban J connectivity index is 1.51. The molecule has 8 heteroatoms. The molecule has 0 bridgehead atoms. The number of rotatable bonds is 4. The van der Waals surface area contributed by atoms with Gasteiger partial charge in [0.2, 0.25) is 0 Å². The maximum Gasteiger partial charge on any atom is 0.291 e. The Morgan fingerprint density at radius 2 is 2.10 bits per heavy atom. The highest BCUT2D eigenvalue weighted by molar-refractivity contribution is 6.32. The van der Waals surface area contributed by atoms with Crippen LogP contribution in [-0.4, -0.2) is 22.0 Å². The van der Waals surface area contributed by atoms with Crippen molar-refractivity contribution in [2.24, 2.45) is 0 Å². The Bertz CT molecular complexity index is 1140. The van der Waals surface area contributed by atoms with Crippen molar-refractivity contribution >= 4 is 35.2 Å². The molecule has 7 nitrogen and oxygen atoms in total. The van der Waals surface area contributed by atoms with Gasteiger partial charge in [-0.05, 0) is 42.8 Å². The van der Waals surface area contributed by atoms with Gasteiger partial charge in [0, 0.05) is 28.4 Å². The minimum absolute atomic E-state index is 0.123. The van der Waals surface area contributed by atoms with Crippen LogP contribution < -0.4 is 15.4 Å². The highest BCUT2D eigenvalue weighted by Gasteiger charge is 2.23. The number of ether oxygens (including phenoxy) is 1. The van der Waals surface area contributed by atoms with Crippen LogP contribution in [0.2, 0.25) is 5.02 Å². The van der Waals surface area contributed by atoms with E-state index in [-0.39, 0.29) is 11.7 Å². The molecule has 0 atom stereocenters. The molecule has 3 N–H and O–H groups in total. The molecule has 2 aromatic carbocycles. The van der Waals surface area contributed by atoms with Gasteiger partial charge in [0.05, 0.1) is 11.9 Å². The van der Waals surface area contributed by atoms with Gasteiger partial charge in [-0.2, -0.15) is 5.10 Å². The number of aromatic nitrogens is 2. The number of nitrogens with one attached hydrogen (secondary N) is 3. The van der Waals surface area contributed by atoms with E-state index < -0.39 is 5.91 Å². The van der Waals surface area contributed by atoms with Crippen molar-refractivity contribution in [3.8, 4) is 5.75 Å². The fourth-order valence-corrected chi connectivity index (χ4v) is 3.06. The zero-order valence-corrected chi connectivity index (χ0v) is 16.2. The normalized spacial score (nSPS) is 14.1. The second-order valence-electron chi connectivity index (χ2n) is 6.50. The molecule has 0 radical (unpaired) electrons. The molecule has 0 fully saturated rings. The number of anilines is 1. The van der Waals surface area contributed by atoms with E-state index in [0.29, 0.717) is 34.1 Å². The van der Waals surface area contributed by atoms with Crippen LogP contribution in [0.4, 0.5) is 5.69 Å². The summed E-state index contributed by atoms with van der Waals surface area (Å²) >= 11 is 6.14. The summed E-state index contributed by atoms with van der Waals surface area (Å²) < 4.78 is 5.72. The SMILES string of the molecule is Cc1[nH]ncc1CNC(=O)c1ccc2c(c1)NC(=O)/C(=C\c1ccccc1Cl)O2. The summed E-state index contributed by atoms with van der Waals surface area (Å²) in [6.45, 7) is 2.24. The molecule has 4 rings (SSSR count). The smallest absolute Gasteiger partial charge is 0.291 e. The number of halogens is 1. The van der Waals surface area contributed by atoms with Gasteiger partial charge >= 0.3 is 0 Å². The van der Waals surface area contributed by atoms with E-state index in [1.54, 1.807) is 42.6 Å². The second-order valence-corrected chi connectivity index (χ2v) is 6.91. The maximum atomic E-state index is 12.4.